The number of morpholine rings is 1. The highest BCUT2D eigenvalue weighted by Gasteiger charge is 2.36. The molecule has 0 saturated carbocycles. The number of carbonyl (C=O) groups is 2. The number of amidine groups is 1. The molecule has 1 aromatic carbocycles. The second kappa shape index (κ2) is 12.1. The van der Waals surface area contributed by atoms with Gasteiger partial charge in [-0.3, -0.25) is 9.89 Å². The summed E-state index contributed by atoms with van der Waals surface area (Å²) in [7, 11) is 0. The second-order valence-electron chi connectivity index (χ2n) is 8.82. The fourth-order valence-corrected chi connectivity index (χ4v) is 4.80. The van der Waals surface area contributed by atoms with Gasteiger partial charge < -0.3 is 19.5 Å². The molecule has 2 atom stereocenters. The highest BCUT2D eigenvalue weighted by Crippen LogP contribution is 2.37. The third kappa shape index (κ3) is 6.72. The first-order chi connectivity index (χ1) is 17.7. The number of aromatic nitrogens is 1. The van der Waals surface area contributed by atoms with E-state index in [0.717, 1.165) is 0 Å². The van der Waals surface area contributed by atoms with E-state index in [4.69, 9.17) is 30.8 Å². The van der Waals surface area contributed by atoms with E-state index >= 15 is 0 Å². The Hall–Kier alpha value is -2.86. The first kappa shape index (κ1) is 27.2. The van der Waals surface area contributed by atoms with Crippen LogP contribution in [0, 0.1) is 5.82 Å². The molecule has 198 valence electrons. The Balaban J connectivity index is 1.77. The van der Waals surface area contributed by atoms with Gasteiger partial charge in [0.05, 0.1) is 24.9 Å². The van der Waals surface area contributed by atoms with E-state index < -0.39 is 29.9 Å². The summed E-state index contributed by atoms with van der Waals surface area (Å²) in [5.74, 6) is -1.48. The molecular formula is C25H28ClFN4O5S. The van der Waals surface area contributed by atoms with Crippen molar-refractivity contribution in [3.05, 3.63) is 62.5 Å². The van der Waals surface area contributed by atoms with E-state index in [1.54, 1.807) is 20.0 Å². The number of esters is 2. The van der Waals surface area contributed by atoms with Crippen LogP contribution in [0.5, 0.6) is 0 Å². The van der Waals surface area contributed by atoms with Crippen LogP contribution in [0.1, 0.15) is 37.4 Å². The second-order valence-corrected chi connectivity index (χ2v) is 10.1. The van der Waals surface area contributed by atoms with Crippen LogP contribution in [0.15, 0.2) is 46.0 Å². The molecule has 0 amide bonds. The van der Waals surface area contributed by atoms with Crippen molar-refractivity contribution >= 4 is 40.7 Å². The molecule has 0 unspecified atom stereocenters. The average Bonchev–Trinajstić information content (AvgIpc) is 3.39. The molecule has 1 N–H and O–H groups in total. The Labute approximate surface area is 223 Å². The Bertz CT molecular complexity index is 1200. The smallest absolute Gasteiger partial charge is 0.347 e. The van der Waals surface area contributed by atoms with Crippen molar-refractivity contribution in [1.29, 1.82) is 0 Å². The lowest BCUT2D eigenvalue weighted by Gasteiger charge is -2.32. The van der Waals surface area contributed by atoms with Crippen LogP contribution in [-0.4, -0.2) is 72.7 Å². The third-order valence-electron chi connectivity index (χ3n) is 5.69. The molecule has 0 spiro atoms. The molecule has 2 aliphatic heterocycles. The van der Waals surface area contributed by atoms with Crippen LogP contribution in [0.25, 0.3) is 0 Å². The topological polar surface area (TPSA) is 102 Å². The number of thiazole rings is 1. The molecule has 4 rings (SSSR count). The first-order valence-corrected chi connectivity index (χ1v) is 13.1. The van der Waals surface area contributed by atoms with E-state index in [0.29, 0.717) is 55.0 Å². The number of carbonyl (C=O) groups excluding carboxylic acids is 2. The van der Waals surface area contributed by atoms with E-state index in [-0.39, 0.29) is 16.7 Å². The summed E-state index contributed by atoms with van der Waals surface area (Å²) in [5, 5.41) is 5.80. The fraction of sp³-hybridized carbons (Fsp3) is 0.440. The zero-order valence-electron chi connectivity index (χ0n) is 20.7. The molecule has 0 radical (unpaired) electrons. The number of nitrogens with one attached hydrogen (secondary N) is 1. The Morgan fingerprint density at radius 1 is 1.27 bits per heavy atom. The summed E-state index contributed by atoms with van der Waals surface area (Å²) >= 11 is 7.82. The lowest BCUT2D eigenvalue weighted by Crippen LogP contribution is -2.43. The highest BCUT2D eigenvalue weighted by molar-refractivity contribution is 7.11. The van der Waals surface area contributed by atoms with Crippen molar-refractivity contribution in [2.24, 2.45) is 4.99 Å². The zero-order chi connectivity index (χ0) is 26.5. The molecule has 1 saturated heterocycles. The Kier molecular flexibility index (Phi) is 8.91. The number of nitrogens with zero attached hydrogens (tertiary/aromatic N) is 3. The van der Waals surface area contributed by atoms with Crippen LogP contribution in [-0.2, 0) is 23.8 Å². The molecule has 1 aromatic heterocycles. The molecule has 0 aliphatic carbocycles. The van der Waals surface area contributed by atoms with Gasteiger partial charge in [0.25, 0.3) is 0 Å². The molecular weight excluding hydrogens is 523 g/mol. The maximum Gasteiger partial charge on any atom is 0.347 e. The molecule has 2 aliphatic rings. The maximum atomic E-state index is 13.9. The van der Waals surface area contributed by atoms with E-state index in [2.05, 4.69) is 15.2 Å². The number of ether oxygens (including phenoxy) is 3. The van der Waals surface area contributed by atoms with Gasteiger partial charge in [-0.15, -0.1) is 11.3 Å². The van der Waals surface area contributed by atoms with Gasteiger partial charge >= 0.3 is 11.9 Å². The maximum absolute atomic E-state index is 13.9. The summed E-state index contributed by atoms with van der Waals surface area (Å²) in [6.07, 6.45) is 0.138. The van der Waals surface area contributed by atoms with Crippen molar-refractivity contribution < 1.29 is 28.2 Å². The number of halogens is 2. The van der Waals surface area contributed by atoms with Gasteiger partial charge in [-0.05, 0) is 32.9 Å². The molecule has 37 heavy (non-hydrogen) atoms. The predicted octanol–water partition coefficient (Wildman–Crippen LogP) is 3.50. The minimum atomic E-state index is -1.15. The van der Waals surface area contributed by atoms with Gasteiger partial charge in [0.15, 0.2) is 16.9 Å². The summed E-state index contributed by atoms with van der Waals surface area (Å²) in [5.41, 5.74) is 1.12. The van der Waals surface area contributed by atoms with Gasteiger partial charge in [-0.1, -0.05) is 17.7 Å². The molecule has 12 heteroatoms. The molecule has 2 aromatic rings. The Morgan fingerprint density at radius 3 is 2.68 bits per heavy atom. The molecule has 1 fully saturated rings. The van der Waals surface area contributed by atoms with Gasteiger partial charge in [0.1, 0.15) is 11.9 Å². The number of benzene rings is 1. The van der Waals surface area contributed by atoms with E-state index in [1.165, 1.54) is 36.5 Å². The Morgan fingerprint density at radius 2 is 2.03 bits per heavy atom. The van der Waals surface area contributed by atoms with Gasteiger partial charge in [-0.2, -0.15) is 0 Å². The first-order valence-electron chi connectivity index (χ1n) is 11.9. The quantitative estimate of drug-likeness (QED) is 0.498. The van der Waals surface area contributed by atoms with Crippen molar-refractivity contribution in [3.63, 3.8) is 0 Å². The van der Waals surface area contributed by atoms with Crippen LogP contribution >= 0.6 is 22.9 Å². The molecule has 3 heterocycles. The minimum absolute atomic E-state index is 0.109. The molecule has 9 nitrogen and oxygen atoms in total. The SMILES string of the molecule is CC(C)OC(=O)[C@H](C)OC(=O)C1=C(CN2CCOCC2)NC(c2nccs2)=N[C@H]1c1ccc(F)cc1Cl. The van der Waals surface area contributed by atoms with Crippen LogP contribution in [0.2, 0.25) is 5.02 Å². The number of hydrogen-bond acceptors (Lipinski definition) is 10. The highest BCUT2D eigenvalue weighted by atomic mass is 35.5. The lowest BCUT2D eigenvalue weighted by molar-refractivity contribution is -0.167. The summed E-state index contributed by atoms with van der Waals surface area (Å²) in [4.78, 5) is 37.2. The predicted molar refractivity (Wildman–Crippen MR) is 137 cm³/mol. The van der Waals surface area contributed by atoms with E-state index in [9.17, 15) is 14.0 Å². The van der Waals surface area contributed by atoms with Crippen molar-refractivity contribution in [1.82, 2.24) is 15.2 Å². The summed E-state index contributed by atoms with van der Waals surface area (Å²) < 4.78 is 30.1. The van der Waals surface area contributed by atoms with Crippen molar-refractivity contribution in [2.75, 3.05) is 32.8 Å². The normalized spacial score (nSPS) is 19.3. The minimum Gasteiger partial charge on any atom is -0.460 e. The van der Waals surface area contributed by atoms with Gasteiger partial charge in [-0.25, -0.2) is 19.0 Å². The van der Waals surface area contributed by atoms with Crippen LogP contribution in [0.3, 0.4) is 0 Å². The largest absolute Gasteiger partial charge is 0.460 e. The fourth-order valence-electron chi connectivity index (χ4n) is 3.94. The molecule has 0 bridgehead atoms. The zero-order valence-corrected chi connectivity index (χ0v) is 22.3. The summed E-state index contributed by atoms with van der Waals surface area (Å²) in [6, 6.07) is 3.00. The summed E-state index contributed by atoms with van der Waals surface area (Å²) in [6.45, 7) is 7.68. The number of aliphatic imine (C=N–C) groups is 1. The van der Waals surface area contributed by atoms with Gasteiger partial charge in [0, 0.05) is 47.5 Å². The number of hydrogen-bond donors (Lipinski definition) is 1. The van der Waals surface area contributed by atoms with Crippen LogP contribution < -0.4 is 5.32 Å². The monoisotopic (exact) mass is 550 g/mol. The van der Waals surface area contributed by atoms with Crippen LogP contribution in [0.4, 0.5) is 4.39 Å². The lowest BCUT2D eigenvalue weighted by atomic mass is 9.95. The average molecular weight is 551 g/mol. The van der Waals surface area contributed by atoms with Crippen molar-refractivity contribution in [2.45, 2.75) is 39.0 Å². The standard InChI is InChI=1S/C25H28ClFN4O5S/c1-14(2)35-24(32)15(3)36-25(33)20-19(13-31-7-9-34-10-8-31)29-22(23-28-6-11-37-23)30-21(20)17-5-4-16(27)12-18(17)26/h4-6,11-12,14-15,21H,7-10,13H2,1-3H3,(H,29,30)/t15-,21-/m0/s1. The van der Waals surface area contributed by atoms with Gasteiger partial charge in [0.2, 0.25) is 0 Å². The van der Waals surface area contributed by atoms with E-state index in [1.807, 2.05) is 5.38 Å². The number of rotatable bonds is 8. The third-order valence-corrected chi connectivity index (χ3v) is 6.80. The van der Waals surface area contributed by atoms with Crippen molar-refractivity contribution in [3.8, 4) is 0 Å².